The highest BCUT2D eigenvalue weighted by atomic mass is 32.2. The molecule has 33 heavy (non-hydrogen) atoms. The Hall–Kier alpha value is -2.40. The lowest BCUT2D eigenvalue weighted by molar-refractivity contribution is 0.242. The minimum Gasteiger partial charge on any atom is -0.490 e. The Morgan fingerprint density at radius 2 is 1.79 bits per heavy atom. The third-order valence-corrected chi connectivity index (χ3v) is 6.38. The zero-order valence-corrected chi connectivity index (χ0v) is 22.1. The summed E-state index contributed by atoms with van der Waals surface area (Å²) in [7, 11) is 1.89. The smallest absolute Gasteiger partial charge is 0.148 e. The number of ether oxygens (including phenoxy) is 1. The van der Waals surface area contributed by atoms with Gasteiger partial charge in [-0.25, -0.2) is 0 Å². The van der Waals surface area contributed by atoms with Crippen molar-refractivity contribution in [2.45, 2.75) is 59.5 Å². The van der Waals surface area contributed by atoms with E-state index in [-0.39, 0.29) is 6.10 Å². The number of nitriles is 1. The standard InChI is InChI=1S/C22H21N3OS.C2H7NS.C2H6/c1-14(2)26-20-11-10-16(12-17(20)13-23)21-24-25-22(27-21)19-9-5-7-15-6-3-4-8-18(15)19;1-3-4-2;1-2/h5,7,9-12,14H,3-4,6,8H2,1-2H3;3H,1-2H3;1-2H3. The van der Waals surface area contributed by atoms with E-state index >= 15 is 0 Å². The molecule has 0 fully saturated rings. The van der Waals surface area contributed by atoms with Crippen LogP contribution in [0.25, 0.3) is 21.1 Å². The normalized spacial score (nSPS) is 11.9. The van der Waals surface area contributed by atoms with Gasteiger partial charge in [-0.15, -0.1) is 10.2 Å². The number of hydrogen-bond donors (Lipinski definition) is 1. The molecule has 1 N–H and O–H groups in total. The zero-order chi connectivity index (χ0) is 24.2. The maximum absolute atomic E-state index is 9.46. The number of benzene rings is 2. The maximum atomic E-state index is 9.46. The van der Waals surface area contributed by atoms with E-state index in [1.807, 2.05) is 59.2 Å². The van der Waals surface area contributed by atoms with Gasteiger partial charge in [0.25, 0.3) is 0 Å². The largest absolute Gasteiger partial charge is 0.490 e. The van der Waals surface area contributed by atoms with Crippen LogP contribution in [-0.4, -0.2) is 29.6 Å². The molecule has 0 saturated heterocycles. The molecule has 0 spiro atoms. The van der Waals surface area contributed by atoms with Gasteiger partial charge in [0, 0.05) is 11.1 Å². The van der Waals surface area contributed by atoms with Crippen molar-refractivity contribution in [3.63, 3.8) is 0 Å². The Bertz CT molecular complexity index is 1050. The second-order valence-corrected chi connectivity index (χ2v) is 9.25. The monoisotopic (exact) mass is 482 g/mol. The van der Waals surface area contributed by atoms with E-state index in [4.69, 9.17) is 4.74 Å². The first-order valence-corrected chi connectivity index (χ1v) is 13.5. The summed E-state index contributed by atoms with van der Waals surface area (Å²) in [4.78, 5) is 0. The Morgan fingerprint density at radius 3 is 2.45 bits per heavy atom. The van der Waals surface area contributed by atoms with E-state index < -0.39 is 0 Å². The first-order valence-electron chi connectivity index (χ1n) is 11.4. The molecule has 1 heterocycles. The van der Waals surface area contributed by atoms with Gasteiger partial charge < -0.3 is 4.74 Å². The van der Waals surface area contributed by atoms with Gasteiger partial charge in [0.05, 0.1) is 11.7 Å². The SMILES string of the molecule is CC.CC(C)Oc1ccc(-c2nnc(-c3cccc4c3CCCC4)s2)cc1C#N.CNSC. The van der Waals surface area contributed by atoms with E-state index in [0.29, 0.717) is 11.3 Å². The molecular formula is C26H34N4OS2. The average Bonchev–Trinajstić information content (AvgIpc) is 3.35. The highest BCUT2D eigenvalue weighted by Gasteiger charge is 2.18. The van der Waals surface area contributed by atoms with Crippen molar-refractivity contribution in [3.8, 4) is 33.0 Å². The number of aromatic nitrogens is 2. The molecule has 1 aromatic heterocycles. The minimum absolute atomic E-state index is 0.0281. The highest BCUT2D eigenvalue weighted by molar-refractivity contribution is 7.96. The van der Waals surface area contributed by atoms with Crippen molar-refractivity contribution in [1.29, 1.82) is 5.26 Å². The van der Waals surface area contributed by atoms with Crippen molar-refractivity contribution >= 4 is 23.3 Å². The van der Waals surface area contributed by atoms with E-state index in [9.17, 15) is 5.26 Å². The van der Waals surface area contributed by atoms with Gasteiger partial charge in [-0.1, -0.05) is 55.3 Å². The van der Waals surface area contributed by atoms with Crippen molar-refractivity contribution in [1.82, 2.24) is 14.9 Å². The third-order valence-electron chi connectivity index (χ3n) is 4.97. The number of hydrogen-bond acceptors (Lipinski definition) is 7. The van der Waals surface area contributed by atoms with Gasteiger partial charge in [0.1, 0.15) is 21.8 Å². The van der Waals surface area contributed by atoms with Crippen LogP contribution in [0.4, 0.5) is 0 Å². The van der Waals surface area contributed by atoms with Crippen molar-refractivity contribution in [2.24, 2.45) is 0 Å². The predicted molar refractivity (Wildman–Crippen MR) is 142 cm³/mol. The number of nitrogens with one attached hydrogen (secondary N) is 1. The molecule has 0 aliphatic heterocycles. The average molecular weight is 483 g/mol. The van der Waals surface area contributed by atoms with Crippen LogP contribution >= 0.6 is 23.3 Å². The molecule has 1 aliphatic carbocycles. The van der Waals surface area contributed by atoms with Crippen LogP contribution in [0.3, 0.4) is 0 Å². The summed E-state index contributed by atoms with van der Waals surface area (Å²) >= 11 is 3.18. The summed E-state index contributed by atoms with van der Waals surface area (Å²) in [5, 5.41) is 20.1. The lowest BCUT2D eigenvalue weighted by Gasteiger charge is -2.17. The molecule has 176 valence electrons. The lowest BCUT2D eigenvalue weighted by atomic mass is 9.88. The Morgan fingerprint density at radius 1 is 1.09 bits per heavy atom. The fourth-order valence-corrected chi connectivity index (χ4v) is 4.43. The maximum Gasteiger partial charge on any atom is 0.148 e. The Kier molecular flexibility index (Phi) is 11.4. The second-order valence-electron chi connectivity index (χ2n) is 7.46. The van der Waals surface area contributed by atoms with Gasteiger partial charge >= 0.3 is 0 Å². The zero-order valence-electron chi connectivity index (χ0n) is 20.4. The molecule has 4 rings (SSSR count). The van der Waals surface area contributed by atoms with Crippen molar-refractivity contribution < 1.29 is 4.74 Å². The van der Waals surface area contributed by atoms with Crippen LogP contribution in [0.15, 0.2) is 36.4 Å². The van der Waals surface area contributed by atoms with Crippen LogP contribution in [0.2, 0.25) is 0 Å². The summed E-state index contributed by atoms with van der Waals surface area (Å²) < 4.78 is 8.56. The summed E-state index contributed by atoms with van der Waals surface area (Å²) in [6.07, 6.45) is 6.77. The van der Waals surface area contributed by atoms with Crippen molar-refractivity contribution in [2.75, 3.05) is 13.3 Å². The summed E-state index contributed by atoms with van der Waals surface area (Å²) in [5.74, 6) is 0.609. The molecule has 0 bridgehead atoms. The van der Waals surface area contributed by atoms with Crippen LogP contribution < -0.4 is 9.46 Å². The fourth-order valence-electron chi connectivity index (χ4n) is 3.54. The molecule has 7 heteroatoms. The molecule has 0 unspecified atom stereocenters. The predicted octanol–water partition coefficient (Wildman–Crippen LogP) is 6.92. The Balaban J connectivity index is 0.000000582. The summed E-state index contributed by atoms with van der Waals surface area (Å²) in [6.45, 7) is 7.90. The molecule has 0 saturated carbocycles. The fraction of sp³-hybridized carbons (Fsp3) is 0.423. The minimum atomic E-state index is 0.0281. The van der Waals surface area contributed by atoms with Crippen LogP contribution in [0.5, 0.6) is 5.75 Å². The van der Waals surface area contributed by atoms with Crippen LogP contribution in [0.1, 0.15) is 57.2 Å². The van der Waals surface area contributed by atoms with E-state index in [1.165, 1.54) is 29.5 Å². The molecule has 0 radical (unpaired) electrons. The van der Waals surface area contributed by atoms with Crippen LogP contribution in [0, 0.1) is 11.3 Å². The van der Waals surface area contributed by atoms with Gasteiger partial charge in [-0.05, 0) is 82.2 Å². The molecule has 3 aromatic rings. The van der Waals surface area contributed by atoms with E-state index in [2.05, 4.69) is 39.2 Å². The molecule has 2 aromatic carbocycles. The third kappa shape index (κ3) is 7.29. The van der Waals surface area contributed by atoms with Crippen molar-refractivity contribution in [3.05, 3.63) is 53.1 Å². The number of nitrogens with zero attached hydrogens (tertiary/aromatic N) is 3. The van der Waals surface area contributed by atoms with Crippen LogP contribution in [-0.2, 0) is 12.8 Å². The quantitative estimate of drug-likeness (QED) is 0.398. The highest BCUT2D eigenvalue weighted by Crippen LogP contribution is 2.36. The lowest BCUT2D eigenvalue weighted by Crippen LogP contribution is -2.06. The molecule has 1 aliphatic rings. The first-order chi connectivity index (χ1) is 16.1. The van der Waals surface area contributed by atoms with Gasteiger partial charge in [0.15, 0.2) is 0 Å². The molecule has 0 amide bonds. The van der Waals surface area contributed by atoms with Gasteiger partial charge in [-0.3, -0.25) is 4.72 Å². The van der Waals surface area contributed by atoms with Gasteiger partial charge in [0.2, 0.25) is 0 Å². The molecule has 5 nitrogen and oxygen atoms in total. The van der Waals surface area contributed by atoms with Gasteiger partial charge in [-0.2, -0.15) is 5.26 Å². The number of fused-ring (bicyclic) bond motifs is 1. The second kappa shape index (κ2) is 14.0. The van der Waals surface area contributed by atoms with E-state index in [1.54, 1.807) is 23.3 Å². The molecule has 0 atom stereocenters. The summed E-state index contributed by atoms with van der Waals surface area (Å²) in [5.41, 5.74) is 5.49. The topological polar surface area (TPSA) is 70.8 Å². The Labute approximate surface area is 206 Å². The first kappa shape index (κ1) is 26.8. The summed E-state index contributed by atoms with van der Waals surface area (Å²) in [6, 6.07) is 14.3. The molecular weight excluding hydrogens is 448 g/mol. The van der Waals surface area contributed by atoms with E-state index in [0.717, 1.165) is 28.4 Å². The number of aryl methyl sites for hydroxylation is 1. The number of rotatable bonds is 5.